The molecule has 4 rings (SSSR count). The van der Waals surface area contributed by atoms with E-state index in [1.807, 2.05) is 12.1 Å². The van der Waals surface area contributed by atoms with Gasteiger partial charge in [-0.15, -0.1) is 0 Å². The molecule has 2 saturated heterocycles. The number of carbonyl (C=O) groups excluding carboxylic acids is 1. The van der Waals surface area contributed by atoms with Crippen LogP contribution in [0.25, 0.3) is 0 Å². The molecule has 1 amide bonds. The van der Waals surface area contributed by atoms with Crippen LogP contribution in [0.4, 0.5) is 0 Å². The number of hydrogen-bond donors (Lipinski definition) is 2. The van der Waals surface area contributed by atoms with Crippen LogP contribution in [0.15, 0.2) is 48.5 Å². The van der Waals surface area contributed by atoms with Crippen molar-refractivity contribution in [2.45, 2.75) is 32.0 Å². The molecule has 31 heavy (non-hydrogen) atoms. The molecule has 0 spiro atoms. The summed E-state index contributed by atoms with van der Waals surface area (Å²) in [5.41, 5.74) is 6.18. The average Bonchev–Trinajstić information content (AvgIpc) is 3.28. The fourth-order valence-corrected chi connectivity index (χ4v) is 4.17. The van der Waals surface area contributed by atoms with Crippen molar-refractivity contribution >= 4 is 5.91 Å². The molecule has 1 atom stereocenters. The van der Waals surface area contributed by atoms with Gasteiger partial charge in [0.15, 0.2) is 0 Å². The van der Waals surface area contributed by atoms with Gasteiger partial charge in [-0.05, 0) is 54.8 Å². The summed E-state index contributed by atoms with van der Waals surface area (Å²) in [7, 11) is 0. The molecule has 2 fully saturated rings. The molecule has 0 aromatic heterocycles. The Bertz CT molecular complexity index is 925. The third-order valence-corrected chi connectivity index (χ3v) is 5.93. The highest BCUT2D eigenvalue weighted by molar-refractivity contribution is 5.80. The molecule has 2 aromatic carbocycles. The molecule has 0 bridgehead atoms. The lowest BCUT2D eigenvalue weighted by Gasteiger charge is -2.26. The zero-order chi connectivity index (χ0) is 21.5. The Morgan fingerprint density at radius 2 is 1.52 bits per heavy atom. The zero-order valence-electron chi connectivity index (χ0n) is 17.7. The van der Waals surface area contributed by atoms with Crippen molar-refractivity contribution in [3.63, 3.8) is 0 Å². The van der Waals surface area contributed by atoms with Crippen molar-refractivity contribution in [2.24, 2.45) is 0 Å². The predicted molar refractivity (Wildman–Crippen MR) is 118 cm³/mol. The molecule has 0 unspecified atom stereocenters. The minimum atomic E-state index is -0.323. The Kier molecular flexibility index (Phi) is 7.34. The molecule has 6 nitrogen and oxygen atoms in total. The number of nitrogens with zero attached hydrogens (tertiary/aromatic N) is 2. The van der Waals surface area contributed by atoms with Crippen LogP contribution in [0.1, 0.15) is 35.1 Å². The highest BCUT2D eigenvalue weighted by Gasteiger charge is 2.30. The molecule has 2 heterocycles. The third kappa shape index (κ3) is 5.93. The molecule has 0 saturated carbocycles. The Labute approximate surface area is 183 Å². The number of likely N-dealkylation sites (tertiary alicyclic amines) is 1. The molecular weight excluding hydrogens is 390 g/mol. The fraction of sp³-hybridized carbons (Fsp3) is 0.400. The summed E-state index contributed by atoms with van der Waals surface area (Å²) in [6.45, 7) is 6.13. The number of amides is 1. The van der Waals surface area contributed by atoms with E-state index in [4.69, 9.17) is 9.94 Å². The summed E-state index contributed by atoms with van der Waals surface area (Å²) in [5.74, 6) is 6.15. The number of nitrogens with one attached hydrogen (secondary N) is 1. The number of hydrogen-bond acceptors (Lipinski definition) is 5. The van der Waals surface area contributed by atoms with E-state index >= 15 is 0 Å². The van der Waals surface area contributed by atoms with Crippen LogP contribution in [-0.4, -0.2) is 59.8 Å². The molecule has 2 aliphatic heterocycles. The van der Waals surface area contributed by atoms with Gasteiger partial charge in [-0.3, -0.25) is 19.8 Å². The van der Waals surface area contributed by atoms with Gasteiger partial charge in [0.25, 0.3) is 5.91 Å². The number of rotatable bonds is 5. The fourth-order valence-electron chi connectivity index (χ4n) is 4.17. The number of ether oxygens (including phenoxy) is 1. The Hall–Kier alpha value is -2.69. The van der Waals surface area contributed by atoms with E-state index in [2.05, 4.69) is 58.0 Å². The largest absolute Gasteiger partial charge is 0.379 e. The summed E-state index contributed by atoms with van der Waals surface area (Å²) >= 11 is 0. The minimum Gasteiger partial charge on any atom is -0.379 e. The van der Waals surface area contributed by atoms with E-state index in [1.165, 1.54) is 5.56 Å². The maximum Gasteiger partial charge on any atom is 0.260 e. The van der Waals surface area contributed by atoms with E-state index in [1.54, 1.807) is 5.48 Å². The summed E-state index contributed by atoms with van der Waals surface area (Å²) in [4.78, 5) is 16.3. The zero-order valence-corrected chi connectivity index (χ0v) is 17.7. The van der Waals surface area contributed by atoms with Crippen molar-refractivity contribution in [1.29, 1.82) is 0 Å². The molecule has 0 radical (unpaired) electrons. The second kappa shape index (κ2) is 10.6. The topological polar surface area (TPSA) is 65.0 Å². The molecule has 0 aliphatic carbocycles. The molecule has 162 valence electrons. The van der Waals surface area contributed by atoms with Crippen molar-refractivity contribution in [3.05, 3.63) is 70.8 Å². The number of benzene rings is 2. The van der Waals surface area contributed by atoms with Gasteiger partial charge in [0.2, 0.25) is 0 Å². The first-order chi connectivity index (χ1) is 15.2. The summed E-state index contributed by atoms with van der Waals surface area (Å²) in [6, 6.07) is 16.4. The highest BCUT2D eigenvalue weighted by Crippen LogP contribution is 2.20. The maximum atomic E-state index is 11.8. The van der Waals surface area contributed by atoms with Gasteiger partial charge in [-0.2, -0.15) is 0 Å². The van der Waals surface area contributed by atoms with Gasteiger partial charge in [0.1, 0.15) is 0 Å². The monoisotopic (exact) mass is 419 g/mol. The van der Waals surface area contributed by atoms with Crippen LogP contribution in [0.5, 0.6) is 0 Å². The van der Waals surface area contributed by atoms with Crippen LogP contribution in [0.2, 0.25) is 0 Å². The van der Waals surface area contributed by atoms with Gasteiger partial charge >= 0.3 is 0 Å². The lowest BCUT2D eigenvalue weighted by Crippen LogP contribution is -2.41. The first-order valence-corrected chi connectivity index (χ1v) is 10.9. The Balaban J connectivity index is 1.32. The van der Waals surface area contributed by atoms with Gasteiger partial charge in [0, 0.05) is 37.3 Å². The first kappa shape index (κ1) is 21.5. The second-order valence-electron chi connectivity index (χ2n) is 8.14. The Morgan fingerprint density at radius 3 is 2.10 bits per heavy atom. The minimum absolute atomic E-state index is 0.254. The molecule has 2 aromatic rings. The molecule has 2 N–H and O–H groups in total. The third-order valence-electron chi connectivity index (χ3n) is 5.93. The SMILES string of the molecule is O=C(NO)[C@@H]1CCCN1Cc1ccc(C#Cc2ccc(CN3CCOCC3)cc2)cc1. The van der Waals surface area contributed by atoms with E-state index < -0.39 is 0 Å². The average molecular weight is 420 g/mol. The van der Waals surface area contributed by atoms with E-state index in [-0.39, 0.29) is 11.9 Å². The van der Waals surface area contributed by atoms with Crippen LogP contribution in [-0.2, 0) is 22.6 Å². The molecular formula is C25H29N3O3. The summed E-state index contributed by atoms with van der Waals surface area (Å²) in [5, 5.41) is 8.91. The summed E-state index contributed by atoms with van der Waals surface area (Å²) < 4.78 is 5.40. The van der Waals surface area contributed by atoms with E-state index in [0.717, 1.165) is 68.9 Å². The van der Waals surface area contributed by atoms with Crippen LogP contribution in [0, 0.1) is 11.8 Å². The number of morpholine rings is 1. The lowest BCUT2D eigenvalue weighted by molar-refractivity contribution is -0.134. The van der Waals surface area contributed by atoms with Crippen molar-refractivity contribution in [3.8, 4) is 11.8 Å². The lowest BCUT2D eigenvalue weighted by atomic mass is 10.1. The highest BCUT2D eigenvalue weighted by atomic mass is 16.5. The van der Waals surface area contributed by atoms with Crippen molar-refractivity contribution in [1.82, 2.24) is 15.3 Å². The van der Waals surface area contributed by atoms with Crippen molar-refractivity contribution < 1.29 is 14.7 Å². The standard InChI is InChI=1S/C25H29N3O3/c29-25(26-30)24-2-1-13-28(24)19-23-11-7-21(8-12-23)4-3-20-5-9-22(10-6-20)18-27-14-16-31-17-15-27/h5-12,24,30H,1-2,13-19H2,(H,26,29)/t24-/m0/s1. The maximum absolute atomic E-state index is 11.8. The number of hydroxylamine groups is 1. The Morgan fingerprint density at radius 1 is 0.935 bits per heavy atom. The smallest absolute Gasteiger partial charge is 0.260 e. The van der Waals surface area contributed by atoms with Gasteiger partial charge in [-0.1, -0.05) is 36.1 Å². The summed E-state index contributed by atoms with van der Waals surface area (Å²) in [6.07, 6.45) is 1.74. The van der Waals surface area contributed by atoms with Crippen LogP contribution < -0.4 is 5.48 Å². The quantitative estimate of drug-likeness (QED) is 0.443. The van der Waals surface area contributed by atoms with E-state index in [0.29, 0.717) is 6.54 Å². The molecule has 6 heteroatoms. The van der Waals surface area contributed by atoms with Gasteiger partial charge < -0.3 is 4.74 Å². The molecule has 2 aliphatic rings. The normalized spacial score (nSPS) is 19.6. The second-order valence-corrected chi connectivity index (χ2v) is 8.14. The van der Waals surface area contributed by atoms with Crippen LogP contribution in [0.3, 0.4) is 0 Å². The van der Waals surface area contributed by atoms with Gasteiger partial charge in [0.05, 0.1) is 19.3 Å². The van der Waals surface area contributed by atoms with E-state index in [9.17, 15) is 4.79 Å². The van der Waals surface area contributed by atoms with Crippen molar-refractivity contribution in [2.75, 3.05) is 32.8 Å². The van der Waals surface area contributed by atoms with Gasteiger partial charge in [-0.25, -0.2) is 5.48 Å². The number of carbonyl (C=O) groups is 1. The first-order valence-electron chi connectivity index (χ1n) is 10.9. The predicted octanol–water partition coefficient (Wildman–Crippen LogP) is 2.39. The van der Waals surface area contributed by atoms with Crippen LogP contribution >= 0.6 is 0 Å².